The van der Waals surface area contributed by atoms with Gasteiger partial charge in [-0.1, -0.05) is 36.4 Å². The molecule has 1 aliphatic rings. The molecule has 1 heterocycles. The Morgan fingerprint density at radius 3 is 1.72 bits per heavy atom. The maximum Gasteiger partial charge on any atom is 0.314 e. The molecular weight excluding hydrogens is 251 g/mol. The number of rotatable bonds is 0. The van der Waals surface area contributed by atoms with E-state index in [-0.39, 0.29) is 0 Å². The second kappa shape index (κ2) is 5.83. The Hall–Kier alpha value is -1.61. The fraction of sp³-hybridized carbons (Fsp3) is 0.0769. The van der Waals surface area contributed by atoms with E-state index in [1.807, 2.05) is 24.3 Å². The number of benzene rings is 2. The lowest BCUT2D eigenvalue weighted by Gasteiger charge is -2.19. The van der Waals surface area contributed by atoms with Crippen molar-refractivity contribution in [3.8, 4) is 11.5 Å². The van der Waals surface area contributed by atoms with Crippen molar-refractivity contribution in [2.24, 2.45) is 0 Å². The SMILES string of the molecule is O=[PH](O)O.c1ccc2c(c1)Cc1ccccc1O2. The van der Waals surface area contributed by atoms with Crippen molar-refractivity contribution in [2.45, 2.75) is 6.42 Å². The number of hydrogen-bond donors (Lipinski definition) is 2. The van der Waals surface area contributed by atoms with Gasteiger partial charge in [-0.2, -0.15) is 0 Å². The third kappa shape index (κ3) is 3.20. The minimum Gasteiger partial charge on any atom is -0.457 e. The van der Waals surface area contributed by atoms with Gasteiger partial charge >= 0.3 is 8.25 Å². The minimum absolute atomic E-state index is 0.979. The standard InChI is InChI=1S/C13H10O.H3O3P/c1-3-7-12-10(5-1)9-11-6-2-4-8-13(11)14-12;1-4(2)3/h1-8H,9H2;4H,(H2,1,2,3). The molecule has 3 rings (SSSR count). The van der Waals surface area contributed by atoms with Gasteiger partial charge < -0.3 is 14.5 Å². The second-order valence-electron chi connectivity index (χ2n) is 3.78. The molecule has 5 heteroatoms. The highest BCUT2D eigenvalue weighted by Crippen LogP contribution is 2.35. The van der Waals surface area contributed by atoms with E-state index in [0.717, 1.165) is 17.9 Å². The zero-order valence-corrected chi connectivity index (χ0v) is 10.5. The Kier molecular flexibility index (Phi) is 4.15. The molecule has 94 valence electrons. The monoisotopic (exact) mass is 264 g/mol. The molecule has 0 amide bonds. The maximum atomic E-state index is 8.74. The van der Waals surface area contributed by atoms with E-state index in [1.54, 1.807) is 0 Å². The first-order valence-corrected chi connectivity index (χ1v) is 6.72. The van der Waals surface area contributed by atoms with E-state index in [9.17, 15) is 0 Å². The lowest BCUT2D eigenvalue weighted by atomic mass is 10.0. The van der Waals surface area contributed by atoms with Crippen LogP contribution in [0.15, 0.2) is 48.5 Å². The van der Waals surface area contributed by atoms with Gasteiger partial charge in [-0.15, -0.1) is 0 Å². The molecule has 2 aromatic rings. The van der Waals surface area contributed by atoms with E-state index >= 15 is 0 Å². The Morgan fingerprint density at radius 2 is 1.28 bits per heavy atom. The molecule has 4 nitrogen and oxygen atoms in total. The molecule has 0 bridgehead atoms. The predicted molar refractivity (Wildman–Crippen MR) is 69.2 cm³/mol. The molecule has 0 radical (unpaired) electrons. The molecule has 2 aromatic carbocycles. The van der Waals surface area contributed by atoms with Crippen LogP contribution in [-0.4, -0.2) is 9.79 Å². The van der Waals surface area contributed by atoms with Crippen LogP contribution in [-0.2, 0) is 11.0 Å². The Morgan fingerprint density at radius 1 is 0.889 bits per heavy atom. The van der Waals surface area contributed by atoms with E-state index in [2.05, 4.69) is 24.3 Å². The fourth-order valence-electron chi connectivity index (χ4n) is 1.82. The third-order valence-electron chi connectivity index (χ3n) is 2.55. The summed E-state index contributed by atoms with van der Waals surface area (Å²) < 4.78 is 14.5. The van der Waals surface area contributed by atoms with E-state index in [0.29, 0.717) is 0 Å². The van der Waals surface area contributed by atoms with Gasteiger partial charge in [-0.05, 0) is 23.3 Å². The molecule has 0 aliphatic carbocycles. The molecular formula is C13H13O4P. The van der Waals surface area contributed by atoms with Gasteiger partial charge in [0.1, 0.15) is 11.5 Å². The topological polar surface area (TPSA) is 66.8 Å². The van der Waals surface area contributed by atoms with Crippen LogP contribution < -0.4 is 4.74 Å². The zero-order chi connectivity index (χ0) is 13.0. The van der Waals surface area contributed by atoms with Crippen LogP contribution in [0.5, 0.6) is 11.5 Å². The van der Waals surface area contributed by atoms with Crippen molar-refractivity contribution in [1.29, 1.82) is 0 Å². The second-order valence-corrected chi connectivity index (χ2v) is 4.34. The van der Waals surface area contributed by atoms with Crippen molar-refractivity contribution in [2.75, 3.05) is 0 Å². The molecule has 0 unspecified atom stereocenters. The van der Waals surface area contributed by atoms with Gasteiger partial charge in [0, 0.05) is 6.42 Å². The molecule has 0 spiro atoms. The summed E-state index contributed by atoms with van der Waals surface area (Å²) in [5.41, 5.74) is 2.54. The lowest BCUT2D eigenvalue weighted by molar-refractivity contribution is 0.405. The van der Waals surface area contributed by atoms with Gasteiger partial charge in [-0.3, -0.25) is 4.57 Å². The first-order valence-electron chi connectivity index (χ1n) is 5.42. The zero-order valence-electron chi connectivity index (χ0n) is 9.54. The number of para-hydroxylation sites is 2. The Balaban J connectivity index is 0.000000267. The van der Waals surface area contributed by atoms with Crippen LogP contribution in [0.25, 0.3) is 0 Å². The molecule has 0 saturated heterocycles. The third-order valence-corrected chi connectivity index (χ3v) is 2.55. The fourth-order valence-corrected chi connectivity index (χ4v) is 1.82. The highest BCUT2D eigenvalue weighted by Gasteiger charge is 2.14. The largest absolute Gasteiger partial charge is 0.457 e. The van der Waals surface area contributed by atoms with Crippen molar-refractivity contribution in [3.63, 3.8) is 0 Å². The van der Waals surface area contributed by atoms with Gasteiger partial charge in [0.05, 0.1) is 0 Å². The van der Waals surface area contributed by atoms with Crippen molar-refractivity contribution in [1.82, 2.24) is 0 Å². The highest BCUT2D eigenvalue weighted by molar-refractivity contribution is 7.30. The molecule has 18 heavy (non-hydrogen) atoms. The van der Waals surface area contributed by atoms with Crippen LogP contribution >= 0.6 is 8.25 Å². The normalized spacial score (nSPS) is 11.7. The minimum atomic E-state index is -3.13. The van der Waals surface area contributed by atoms with E-state index in [1.165, 1.54) is 11.1 Å². The van der Waals surface area contributed by atoms with Gasteiger partial charge in [-0.25, -0.2) is 0 Å². The number of hydrogen-bond acceptors (Lipinski definition) is 2. The quantitative estimate of drug-likeness (QED) is 0.613. The molecule has 2 N–H and O–H groups in total. The van der Waals surface area contributed by atoms with Gasteiger partial charge in [0.25, 0.3) is 0 Å². The molecule has 1 aliphatic heterocycles. The average molecular weight is 264 g/mol. The van der Waals surface area contributed by atoms with E-state index in [4.69, 9.17) is 19.1 Å². The highest BCUT2D eigenvalue weighted by atomic mass is 31.1. The summed E-state index contributed by atoms with van der Waals surface area (Å²) in [6.45, 7) is 0. The van der Waals surface area contributed by atoms with Crippen LogP contribution in [0, 0.1) is 0 Å². The van der Waals surface area contributed by atoms with Crippen LogP contribution in [0.4, 0.5) is 0 Å². The molecule has 0 aromatic heterocycles. The Labute approximate surface area is 105 Å². The molecule has 0 fully saturated rings. The predicted octanol–water partition coefficient (Wildman–Crippen LogP) is 2.74. The summed E-state index contributed by atoms with van der Waals surface area (Å²) in [6.07, 6.45) is 0.979. The smallest absolute Gasteiger partial charge is 0.314 e. The summed E-state index contributed by atoms with van der Waals surface area (Å²) in [4.78, 5) is 14.3. The van der Waals surface area contributed by atoms with Gasteiger partial charge in [0.2, 0.25) is 0 Å². The summed E-state index contributed by atoms with van der Waals surface area (Å²) >= 11 is 0. The van der Waals surface area contributed by atoms with Crippen LogP contribution in [0.2, 0.25) is 0 Å². The van der Waals surface area contributed by atoms with Crippen molar-refractivity contribution < 1.29 is 19.1 Å². The Bertz CT molecular complexity index is 477. The van der Waals surface area contributed by atoms with Crippen molar-refractivity contribution in [3.05, 3.63) is 59.7 Å². The maximum absolute atomic E-state index is 8.74. The molecule has 0 saturated carbocycles. The summed E-state index contributed by atoms with van der Waals surface area (Å²) in [6, 6.07) is 16.4. The average Bonchev–Trinajstić information content (AvgIpc) is 2.35. The lowest BCUT2D eigenvalue weighted by Crippen LogP contribution is -2.01. The first kappa shape index (κ1) is 12.8. The van der Waals surface area contributed by atoms with Gasteiger partial charge in [0.15, 0.2) is 0 Å². The summed E-state index contributed by atoms with van der Waals surface area (Å²) in [7, 11) is -3.13. The summed E-state index contributed by atoms with van der Waals surface area (Å²) in [5, 5.41) is 0. The van der Waals surface area contributed by atoms with Crippen LogP contribution in [0.1, 0.15) is 11.1 Å². The van der Waals surface area contributed by atoms with Crippen molar-refractivity contribution >= 4 is 8.25 Å². The van der Waals surface area contributed by atoms with E-state index < -0.39 is 8.25 Å². The summed E-state index contributed by atoms with van der Waals surface area (Å²) in [5.74, 6) is 1.98. The van der Waals surface area contributed by atoms with Crippen LogP contribution in [0.3, 0.4) is 0 Å². The first-order chi connectivity index (χ1) is 8.66. The number of ether oxygens (including phenoxy) is 1. The number of fused-ring (bicyclic) bond motifs is 2. The molecule has 0 atom stereocenters.